The molecule has 0 heterocycles. The van der Waals surface area contributed by atoms with Gasteiger partial charge in [-0.3, -0.25) is 0 Å². The van der Waals surface area contributed by atoms with Crippen LogP contribution in [0.15, 0.2) is 42.5 Å². The standard InChI is InChI=1S/C15H14N2O2/c1-10(12-6-14(18)8-15(19)7-12)17-13-4-2-11(9-16)3-5-13/h2-8,10,17-19H,1H3. The summed E-state index contributed by atoms with van der Waals surface area (Å²) in [7, 11) is 0. The number of hydrogen-bond donors (Lipinski definition) is 3. The molecule has 0 amide bonds. The van der Waals surface area contributed by atoms with Crippen LogP contribution in [-0.2, 0) is 0 Å². The molecular weight excluding hydrogens is 240 g/mol. The van der Waals surface area contributed by atoms with Crippen LogP contribution < -0.4 is 5.32 Å². The molecule has 0 saturated carbocycles. The smallest absolute Gasteiger partial charge is 0.119 e. The van der Waals surface area contributed by atoms with Crippen LogP contribution in [0.5, 0.6) is 11.5 Å². The molecule has 0 aliphatic rings. The summed E-state index contributed by atoms with van der Waals surface area (Å²) in [6.45, 7) is 1.92. The number of hydrogen-bond acceptors (Lipinski definition) is 4. The van der Waals surface area contributed by atoms with E-state index < -0.39 is 0 Å². The second kappa shape index (κ2) is 5.32. The molecule has 4 heteroatoms. The Morgan fingerprint density at radius 1 is 1.05 bits per heavy atom. The van der Waals surface area contributed by atoms with Crippen molar-refractivity contribution in [1.29, 1.82) is 5.26 Å². The van der Waals surface area contributed by atoms with Crippen LogP contribution in [0.25, 0.3) is 0 Å². The summed E-state index contributed by atoms with van der Waals surface area (Å²) in [4.78, 5) is 0. The lowest BCUT2D eigenvalue weighted by Crippen LogP contribution is -2.06. The lowest BCUT2D eigenvalue weighted by molar-refractivity contribution is 0.448. The molecule has 19 heavy (non-hydrogen) atoms. The molecule has 0 radical (unpaired) electrons. The first-order valence-electron chi connectivity index (χ1n) is 5.88. The van der Waals surface area contributed by atoms with Crippen molar-refractivity contribution in [3.8, 4) is 17.6 Å². The van der Waals surface area contributed by atoms with Gasteiger partial charge < -0.3 is 15.5 Å². The Labute approximate surface area is 111 Å². The highest BCUT2D eigenvalue weighted by atomic mass is 16.3. The number of nitriles is 1. The first kappa shape index (κ1) is 12.8. The molecule has 0 fully saturated rings. The molecule has 4 nitrogen and oxygen atoms in total. The molecule has 0 aliphatic heterocycles. The average Bonchev–Trinajstić information content (AvgIpc) is 2.38. The van der Waals surface area contributed by atoms with E-state index in [2.05, 4.69) is 11.4 Å². The van der Waals surface area contributed by atoms with Gasteiger partial charge in [0, 0.05) is 17.8 Å². The number of anilines is 1. The van der Waals surface area contributed by atoms with Crippen LogP contribution in [0.2, 0.25) is 0 Å². The quantitative estimate of drug-likeness (QED) is 0.786. The fraction of sp³-hybridized carbons (Fsp3) is 0.133. The van der Waals surface area contributed by atoms with Crippen molar-refractivity contribution in [1.82, 2.24) is 0 Å². The second-order valence-corrected chi connectivity index (χ2v) is 4.34. The maximum atomic E-state index is 9.45. The van der Waals surface area contributed by atoms with Crippen LogP contribution in [0, 0.1) is 11.3 Å². The van der Waals surface area contributed by atoms with E-state index in [0.29, 0.717) is 5.56 Å². The molecular formula is C15H14N2O2. The van der Waals surface area contributed by atoms with Crippen LogP contribution in [0.4, 0.5) is 5.69 Å². The number of phenolic OH excluding ortho intramolecular Hbond substituents is 2. The molecule has 96 valence electrons. The minimum Gasteiger partial charge on any atom is -0.508 e. The Bertz CT molecular complexity index is 595. The normalized spacial score (nSPS) is 11.6. The van der Waals surface area contributed by atoms with Gasteiger partial charge in [-0.05, 0) is 48.9 Å². The molecule has 2 aromatic rings. The molecule has 1 unspecified atom stereocenters. The van der Waals surface area contributed by atoms with Crippen molar-refractivity contribution in [2.45, 2.75) is 13.0 Å². The summed E-state index contributed by atoms with van der Waals surface area (Å²) in [5, 5.41) is 30.9. The van der Waals surface area contributed by atoms with E-state index in [9.17, 15) is 10.2 Å². The fourth-order valence-corrected chi connectivity index (χ4v) is 1.84. The fourth-order valence-electron chi connectivity index (χ4n) is 1.84. The lowest BCUT2D eigenvalue weighted by Gasteiger charge is -2.16. The van der Waals surface area contributed by atoms with Crippen LogP contribution >= 0.6 is 0 Å². The minimum absolute atomic E-state index is 0.0310. The third-order valence-corrected chi connectivity index (χ3v) is 2.82. The minimum atomic E-state index is -0.0778. The molecule has 2 aromatic carbocycles. The van der Waals surface area contributed by atoms with Crippen molar-refractivity contribution in [2.24, 2.45) is 0 Å². The second-order valence-electron chi connectivity index (χ2n) is 4.34. The topological polar surface area (TPSA) is 76.3 Å². The number of aromatic hydroxyl groups is 2. The predicted molar refractivity (Wildman–Crippen MR) is 73.0 cm³/mol. The van der Waals surface area contributed by atoms with E-state index in [1.165, 1.54) is 6.07 Å². The van der Waals surface area contributed by atoms with Crippen molar-refractivity contribution in [3.05, 3.63) is 53.6 Å². The van der Waals surface area contributed by atoms with Gasteiger partial charge in [0.05, 0.1) is 11.6 Å². The molecule has 0 aliphatic carbocycles. The van der Waals surface area contributed by atoms with Gasteiger partial charge in [0.1, 0.15) is 11.5 Å². The third-order valence-electron chi connectivity index (χ3n) is 2.82. The highest BCUT2D eigenvalue weighted by Gasteiger charge is 2.08. The number of nitrogens with one attached hydrogen (secondary N) is 1. The Morgan fingerprint density at radius 2 is 1.63 bits per heavy atom. The summed E-state index contributed by atoms with van der Waals surface area (Å²) in [6.07, 6.45) is 0. The van der Waals surface area contributed by atoms with Crippen LogP contribution in [0.3, 0.4) is 0 Å². The van der Waals surface area contributed by atoms with Crippen molar-refractivity contribution in [2.75, 3.05) is 5.32 Å². The van der Waals surface area contributed by atoms with E-state index in [4.69, 9.17) is 5.26 Å². The molecule has 1 atom stereocenters. The third kappa shape index (κ3) is 3.17. The maximum absolute atomic E-state index is 9.45. The average molecular weight is 254 g/mol. The maximum Gasteiger partial charge on any atom is 0.119 e. The van der Waals surface area contributed by atoms with Gasteiger partial charge in [0.2, 0.25) is 0 Å². The summed E-state index contributed by atoms with van der Waals surface area (Å²) in [6, 6.07) is 13.6. The molecule has 0 spiro atoms. The summed E-state index contributed by atoms with van der Waals surface area (Å²) < 4.78 is 0. The zero-order valence-corrected chi connectivity index (χ0v) is 10.5. The SMILES string of the molecule is CC(Nc1ccc(C#N)cc1)c1cc(O)cc(O)c1. The first-order chi connectivity index (χ1) is 9.08. The van der Waals surface area contributed by atoms with E-state index in [-0.39, 0.29) is 17.5 Å². The van der Waals surface area contributed by atoms with Gasteiger partial charge in [-0.25, -0.2) is 0 Å². The summed E-state index contributed by atoms with van der Waals surface area (Å²) in [5.41, 5.74) is 2.25. The Balaban J connectivity index is 2.15. The van der Waals surface area contributed by atoms with Gasteiger partial charge in [-0.1, -0.05) is 0 Å². The van der Waals surface area contributed by atoms with Crippen LogP contribution in [0.1, 0.15) is 24.1 Å². The highest BCUT2D eigenvalue weighted by molar-refractivity contribution is 5.49. The van der Waals surface area contributed by atoms with Gasteiger partial charge in [-0.15, -0.1) is 0 Å². The Morgan fingerprint density at radius 3 is 2.16 bits per heavy atom. The molecule has 2 rings (SSSR count). The van der Waals surface area contributed by atoms with Crippen molar-refractivity contribution in [3.63, 3.8) is 0 Å². The molecule has 0 aromatic heterocycles. The van der Waals surface area contributed by atoms with Gasteiger partial charge in [-0.2, -0.15) is 5.26 Å². The van der Waals surface area contributed by atoms with Gasteiger partial charge in [0.15, 0.2) is 0 Å². The Kier molecular flexibility index (Phi) is 3.58. The monoisotopic (exact) mass is 254 g/mol. The zero-order chi connectivity index (χ0) is 13.8. The van der Waals surface area contributed by atoms with Gasteiger partial charge in [0.25, 0.3) is 0 Å². The van der Waals surface area contributed by atoms with Crippen molar-refractivity contribution < 1.29 is 10.2 Å². The zero-order valence-electron chi connectivity index (χ0n) is 10.5. The number of phenols is 2. The molecule has 3 N–H and O–H groups in total. The number of nitrogens with zero attached hydrogens (tertiary/aromatic N) is 1. The van der Waals surface area contributed by atoms with E-state index >= 15 is 0 Å². The van der Waals surface area contributed by atoms with Crippen LogP contribution in [-0.4, -0.2) is 10.2 Å². The van der Waals surface area contributed by atoms with E-state index in [0.717, 1.165) is 11.3 Å². The van der Waals surface area contributed by atoms with Gasteiger partial charge >= 0.3 is 0 Å². The Hall–Kier alpha value is -2.67. The first-order valence-corrected chi connectivity index (χ1v) is 5.88. The number of benzene rings is 2. The molecule has 0 bridgehead atoms. The largest absolute Gasteiger partial charge is 0.508 e. The van der Waals surface area contributed by atoms with E-state index in [1.54, 1.807) is 24.3 Å². The highest BCUT2D eigenvalue weighted by Crippen LogP contribution is 2.27. The van der Waals surface area contributed by atoms with Crippen molar-refractivity contribution >= 4 is 5.69 Å². The predicted octanol–water partition coefficient (Wildman–Crippen LogP) is 3.14. The summed E-state index contributed by atoms with van der Waals surface area (Å²) >= 11 is 0. The number of rotatable bonds is 3. The molecule has 0 saturated heterocycles. The summed E-state index contributed by atoms with van der Waals surface area (Å²) in [5.74, 6) is 0.0620. The lowest BCUT2D eigenvalue weighted by atomic mass is 10.1. The van der Waals surface area contributed by atoms with E-state index in [1.807, 2.05) is 19.1 Å².